The van der Waals surface area contributed by atoms with E-state index in [0.717, 1.165) is 49.8 Å². The molecule has 1 amide bonds. The molecule has 0 heterocycles. The molecule has 2 aliphatic rings. The van der Waals surface area contributed by atoms with E-state index >= 15 is 0 Å². The second-order valence-electron chi connectivity index (χ2n) is 6.81. The molecular weight excluding hydrogens is 281 g/mol. The lowest BCUT2D eigenvalue weighted by Gasteiger charge is -2.37. The van der Waals surface area contributed by atoms with Gasteiger partial charge in [-0.3, -0.25) is 4.79 Å². The highest BCUT2D eigenvalue weighted by Crippen LogP contribution is 2.37. The Labute approximate surface area is 124 Å². The van der Waals surface area contributed by atoms with Gasteiger partial charge >= 0.3 is 6.18 Å². The molecule has 1 unspecified atom stereocenters. The summed E-state index contributed by atoms with van der Waals surface area (Å²) < 4.78 is 38.3. The molecule has 6 heteroatoms. The number of amides is 1. The topological polar surface area (TPSA) is 46.3 Å². The van der Waals surface area contributed by atoms with E-state index in [1.807, 2.05) is 0 Å². The van der Waals surface area contributed by atoms with E-state index in [2.05, 4.69) is 0 Å². The van der Waals surface area contributed by atoms with Crippen molar-refractivity contribution in [2.75, 3.05) is 6.54 Å². The SMILES string of the molecule is CC(C1CC1)N(CC(F)(F)F)C(=O)CC1(N)CCCCC1. The van der Waals surface area contributed by atoms with Gasteiger partial charge in [0.05, 0.1) is 0 Å². The van der Waals surface area contributed by atoms with E-state index < -0.39 is 24.2 Å². The van der Waals surface area contributed by atoms with Crippen LogP contribution in [0.4, 0.5) is 13.2 Å². The van der Waals surface area contributed by atoms with Crippen molar-refractivity contribution < 1.29 is 18.0 Å². The van der Waals surface area contributed by atoms with Crippen LogP contribution >= 0.6 is 0 Å². The van der Waals surface area contributed by atoms with Crippen LogP contribution in [0.2, 0.25) is 0 Å². The van der Waals surface area contributed by atoms with E-state index in [0.29, 0.717) is 0 Å². The van der Waals surface area contributed by atoms with Crippen molar-refractivity contribution in [3.8, 4) is 0 Å². The van der Waals surface area contributed by atoms with Gasteiger partial charge in [0, 0.05) is 18.0 Å². The van der Waals surface area contributed by atoms with Crippen molar-refractivity contribution in [2.24, 2.45) is 11.7 Å². The predicted molar refractivity (Wildman–Crippen MR) is 74.6 cm³/mol. The molecule has 2 rings (SSSR count). The van der Waals surface area contributed by atoms with Gasteiger partial charge < -0.3 is 10.6 Å². The number of hydrogen-bond donors (Lipinski definition) is 1. The summed E-state index contributed by atoms with van der Waals surface area (Å²) in [6, 6.07) is -0.341. The third kappa shape index (κ3) is 4.87. The lowest BCUT2D eigenvalue weighted by molar-refractivity contribution is -0.167. The zero-order chi connectivity index (χ0) is 15.7. The van der Waals surface area contributed by atoms with Gasteiger partial charge in [-0.05, 0) is 38.5 Å². The van der Waals surface area contributed by atoms with Crippen molar-refractivity contribution in [3.63, 3.8) is 0 Å². The first kappa shape index (κ1) is 16.6. The van der Waals surface area contributed by atoms with Crippen LogP contribution in [-0.4, -0.2) is 35.1 Å². The molecule has 0 aromatic heterocycles. The van der Waals surface area contributed by atoms with Gasteiger partial charge in [-0.25, -0.2) is 0 Å². The van der Waals surface area contributed by atoms with Crippen molar-refractivity contribution in [1.82, 2.24) is 4.90 Å². The highest BCUT2D eigenvalue weighted by Gasteiger charge is 2.42. The molecule has 1 atom stereocenters. The van der Waals surface area contributed by atoms with Crippen LogP contribution < -0.4 is 5.73 Å². The molecule has 0 bridgehead atoms. The first-order chi connectivity index (χ1) is 9.70. The molecule has 21 heavy (non-hydrogen) atoms. The minimum absolute atomic E-state index is 0.0418. The molecule has 0 saturated heterocycles. The first-order valence-electron chi connectivity index (χ1n) is 7.85. The molecule has 0 aliphatic heterocycles. The summed E-state index contributed by atoms with van der Waals surface area (Å²) >= 11 is 0. The van der Waals surface area contributed by atoms with Gasteiger partial charge in [-0.15, -0.1) is 0 Å². The molecular formula is C15H25F3N2O. The van der Waals surface area contributed by atoms with Crippen LogP contribution in [-0.2, 0) is 4.79 Å². The number of alkyl halides is 3. The third-order valence-electron chi connectivity index (χ3n) is 4.82. The van der Waals surface area contributed by atoms with Gasteiger partial charge in [-0.1, -0.05) is 19.3 Å². The van der Waals surface area contributed by atoms with Crippen LogP contribution in [0, 0.1) is 5.92 Å². The van der Waals surface area contributed by atoms with Crippen molar-refractivity contribution in [2.45, 2.75) is 76.0 Å². The van der Waals surface area contributed by atoms with Gasteiger partial charge in [0.15, 0.2) is 0 Å². The highest BCUT2D eigenvalue weighted by molar-refractivity contribution is 5.78. The van der Waals surface area contributed by atoms with Crippen LogP contribution in [0.1, 0.15) is 58.3 Å². The number of nitrogens with two attached hydrogens (primary N) is 1. The Hall–Kier alpha value is -0.780. The second-order valence-corrected chi connectivity index (χ2v) is 6.81. The van der Waals surface area contributed by atoms with Crippen molar-refractivity contribution in [1.29, 1.82) is 0 Å². The monoisotopic (exact) mass is 306 g/mol. The fraction of sp³-hybridized carbons (Fsp3) is 0.933. The predicted octanol–water partition coefficient (Wildman–Crippen LogP) is 3.23. The molecule has 0 aromatic carbocycles. The molecule has 2 N–H and O–H groups in total. The van der Waals surface area contributed by atoms with E-state index in [4.69, 9.17) is 5.73 Å². The van der Waals surface area contributed by atoms with Gasteiger partial charge in [0.1, 0.15) is 6.54 Å². The lowest BCUT2D eigenvalue weighted by Crippen LogP contribution is -2.51. The zero-order valence-electron chi connectivity index (χ0n) is 12.6. The fourth-order valence-electron chi connectivity index (χ4n) is 3.32. The highest BCUT2D eigenvalue weighted by atomic mass is 19.4. The Kier molecular flexibility index (Phi) is 4.85. The van der Waals surface area contributed by atoms with E-state index in [-0.39, 0.29) is 18.4 Å². The average molecular weight is 306 g/mol. The Morgan fingerprint density at radius 3 is 2.33 bits per heavy atom. The number of rotatable bonds is 5. The van der Waals surface area contributed by atoms with Crippen LogP contribution in [0.25, 0.3) is 0 Å². The standard InChI is InChI=1S/C15H25F3N2O/c1-11(12-5-6-12)20(10-15(16,17)18)13(21)9-14(19)7-3-2-4-8-14/h11-12H,2-10,19H2,1H3. The number of carbonyl (C=O) groups is 1. The second kappa shape index (κ2) is 6.15. The average Bonchev–Trinajstić information content (AvgIpc) is 3.18. The maximum atomic E-state index is 12.8. The van der Waals surface area contributed by atoms with Gasteiger partial charge in [0.25, 0.3) is 0 Å². The Morgan fingerprint density at radius 2 is 1.86 bits per heavy atom. The number of carbonyl (C=O) groups excluding carboxylic acids is 1. The van der Waals surface area contributed by atoms with E-state index in [1.54, 1.807) is 6.92 Å². The zero-order valence-corrected chi connectivity index (χ0v) is 12.6. The van der Waals surface area contributed by atoms with Gasteiger partial charge in [-0.2, -0.15) is 13.2 Å². The molecule has 2 saturated carbocycles. The Bertz CT molecular complexity index is 374. The summed E-state index contributed by atoms with van der Waals surface area (Å²) in [6.45, 7) is 0.574. The van der Waals surface area contributed by atoms with Gasteiger partial charge in [0.2, 0.25) is 5.91 Å². The van der Waals surface area contributed by atoms with Crippen LogP contribution in [0.5, 0.6) is 0 Å². The Morgan fingerprint density at radius 1 is 1.29 bits per heavy atom. The summed E-state index contributed by atoms with van der Waals surface area (Å²) in [4.78, 5) is 13.4. The van der Waals surface area contributed by atoms with Crippen molar-refractivity contribution >= 4 is 5.91 Å². The lowest BCUT2D eigenvalue weighted by atomic mass is 9.80. The number of hydrogen-bond acceptors (Lipinski definition) is 2. The maximum Gasteiger partial charge on any atom is 0.406 e. The minimum atomic E-state index is -4.35. The van der Waals surface area contributed by atoms with Crippen molar-refractivity contribution in [3.05, 3.63) is 0 Å². The number of nitrogens with zero attached hydrogens (tertiary/aromatic N) is 1. The molecule has 0 aromatic rings. The normalized spacial score (nSPS) is 23.7. The molecule has 3 nitrogen and oxygen atoms in total. The fourth-order valence-corrected chi connectivity index (χ4v) is 3.32. The third-order valence-corrected chi connectivity index (χ3v) is 4.82. The van der Waals surface area contributed by atoms with Crippen LogP contribution in [0.15, 0.2) is 0 Å². The largest absolute Gasteiger partial charge is 0.406 e. The quantitative estimate of drug-likeness (QED) is 0.847. The molecule has 2 fully saturated rings. The Balaban J connectivity index is 2.02. The van der Waals surface area contributed by atoms with E-state index in [9.17, 15) is 18.0 Å². The molecule has 0 radical (unpaired) electrons. The summed E-state index contributed by atoms with van der Waals surface area (Å²) in [7, 11) is 0. The maximum absolute atomic E-state index is 12.8. The summed E-state index contributed by atoms with van der Waals surface area (Å²) in [5.74, 6) is -0.215. The molecule has 2 aliphatic carbocycles. The summed E-state index contributed by atoms with van der Waals surface area (Å²) in [6.07, 6.45) is 1.99. The minimum Gasteiger partial charge on any atom is -0.331 e. The smallest absolute Gasteiger partial charge is 0.331 e. The first-order valence-corrected chi connectivity index (χ1v) is 7.85. The van der Waals surface area contributed by atoms with E-state index in [1.165, 1.54) is 0 Å². The van der Waals surface area contributed by atoms with Crippen LogP contribution in [0.3, 0.4) is 0 Å². The summed E-state index contributed by atoms with van der Waals surface area (Å²) in [5, 5.41) is 0. The molecule has 0 spiro atoms. The molecule has 122 valence electrons. The summed E-state index contributed by atoms with van der Waals surface area (Å²) in [5.41, 5.74) is 5.62. The number of halogens is 3.